The third-order valence-electron chi connectivity index (χ3n) is 3.60. The molecule has 0 aliphatic rings. The zero-order valence-corrected chi connectivity index (χ0v) is 13.3. The molecule has 0 saturated heterocycles. The lowest BCUT2D eigenvalue weighted by Crippen LogP contribution is -2.32. The second-order valence-corrected chi connectivity index (χ2v) is 5.90. The van der Waals surface area contributed by atoms with Crippen LogP contribution in [0.15, 0.2) is 6.07 Å². The molecule has 13 heteroatoms. The second kappa shape index (κ2) is 6.74. The summed E-state index contributed by atoms with van der Waals surface area (Å²) in [5, 5.41) is 0. The lowest BCUT2D eigenvalue weighted by molar-refractivity contribution is -0.172. The van der Waals surface area contributed by atoms with E-state index in [1.54, 1.807) is 0 Å². The van der Waals surface area contributed by atoms with Crippen LogP contribution in [0.3, 0.4) is 0 Å². The molecule has 0 aromatic heterocycles. The standard InChI is InChI=1S/C14H11F12N/c1-4(2)10(27)7-8(13(21,22)23)5(11(15,16)17)3-6(12(18,19)20)9(7)14(24,25)26/h3-4,10H,27H2,1-2H3. The van der Waals surface area contributed by atoms with Gasteiger partial charge in [0.2, 0.25) is 0 Å². The number of benzene rings is 1. The SMILES string of the molecule is CC(C)C(N)c1c(C(F)(F)F)c(C(F)(F)F)cc(C(F)(F)F)c1C(F)(F)F. The van der Waals surface area contributed by atoms with E-state index in [4.69, 9.17) is 5.73 Å². The maximum Gasteiger partial charge on any atom is 0.417 e. The molecule has 0 amide bonds. The van der Waals surface area contributed by atoms with E-state index in [9.17, 15) is 52.7 Å². The second-order valence-electron chi connectivity index (χ2n) is 5.90. The third-order valence-corrected chi connectivity index (χ3v) is 3.60. The minimum atomic E-state index is -6.04. The van der Waals surface area contributed by atoms with Gasteiger partial charge in [-0.15, -0.1) is 0 Å². The summed E-state index contributed by atoms with van der Waals surface area (Å²) in [6, 6.07) is -3.58. The summed E-state index contributed by atoms with van der Waals surface area (Å²) in [7, 11) is 0. The number of halogens is 12. The monoisotopic (exact) mass is 421 g/mol. The van der Waals surface area contributed by atoms with Gasteiger partial charge in [0.1, 0.15) is 0 Å². The molecule has 2 N–H and O–H groups in total. The average Bonchev–Trinajstić information content (AvgIpc) is 2.39. The summed E-state index contributed by atoms with van der Waals surface area (Å²) in [5.41, 5.74) is -8.59. The Morgan fingerprint density at radius 3 is 1.11 bits per heavy atom. The molecule has 0 bridgehead atoms. The van der Waals surface area contributed by atoms with E-state index >= 15 is 0 Å². The highest BCUT2D eigenvalue weighted by molar-refractivity contribution is 5.52. The Labute approximate surface area is 144 Å². The predicted octanol–water partition coefficient (Wildman–Crippen LogP) is 6.42. The summed E-state index contributed by atoms with van der Waals surface area (Å²) in [6.45, 7) is 1.91. The number of alkyl halides is 12. The van der Waals surface area contributed by atoms with Crippen LogP contribution in [-0.2, 0) is 24.7 Å². The maximum atomic E-state index is 13.3. The molecule has 0 aliphatic carbocycles. The first kappa shape index (κ1) is 23.4. The fourth-order valence-electron chi connectivity index (χ4n) is 2.43. The molecule has 0 radical (unpaired) electrons. The van der Waals surface area contributed by atoms with Gasteiger partial charge in [0.05, 0.1) is 22.3 Å². The normalized spacial score (nSPS) is 15.4. The number of nitrogens with two attached hydrogens (primary N) is 1. The van der Waals surface area contributed by atoms with Gasteiger partial charge >= 0.3 is 24.7 Å². The molecule has 1 unspecified atom stereocenters. The predicted molar refractivity (Wildman–Crippen MR) is 68.2 cm³/mol. The van der Waals surface area contributed by atoms with E-state index in [0.29, 0.717) is 0 Å². The molecule has 156 valence electrons. The zero-order valence-electron chi connectivity index (χ0n) is 13.3. The van der Waals surface area contributed by atoms with Crippen molar-refractivity contribution in [2.24, 2.45) is 11.7 Å². The van der Waals surface area contributed by atoms with Crippen molar-refractivity contribution in [3.8, 4) is 0 Å². The van der Waals surface area contributed by atoms with E-state index < -0.39 is 70.5 Å². The zero-order chi connectivity index (χ0) is 21.7. The molecule has 0 fully saturated rings. The molecule has 0 spiro atoms. The van der Waals surface area contributed by atoms with Crippen LogP contribution in [0.25, 0.3) is 0 Å². The first-order chi connectivity index (χ1) is 11.7. The first-order valence-electron chi connectivity index (χ1n) is 6.96. The van der Waals surface area contributed by atoms with Crippen LogP contribution in [0.5, 0.6) is 0 Å². The molecule has 1 nitrogen and oxygen atoms in total. The molecule has 0 aliphatic heterocycles. The third kappa shape index (κ3) is 4.79. The molecular formula is C14H11F12N. The largest absolute Gasteiger partial charge is 0.417 e. The number of rotatable bonds is 2. The maximum absolute atomic E-state index is 13.3. The van der Waals surface area contributed by atoms with Crippen molar-refractivity contribution in [2.45, 2.75) is 44.6 Å². The van der Waals surface area contributed by atoms with Crippen molar-refractivity contribution < 1.29 is 52.7 Å². The Hall–Kier alpha value is -1.66. The molecule has 0 heterocycles. The van der Waals surface area contributed by atoms with E-state index in [1.165, 1.54) is 0 Å². The summed E-state index contributed by atoms with van der Waals surface area (Å²) >= 11 is 0. The fraction of sp³-hybridized carbons (Fsp3) is 0.571. The van der Waals surface area contributed by atoms with Gasteiger partial charge in [-0.05, 0) is 17.5 Å². The Morgan fingerprint density at radius 1 is 0.630 bits per heavy atom. The van der Waals surface area contributed by atoms with Crippen molar-refractivity contribution in [3.05, 3.63) is 33.9 Å². The fourth-order valence-corrected chi connectivity index (χ4v) is 2.43. The quantitative estimate of drug-likeness (QED) is 0.549. The highest BCUT2D eigenvalue weighted by atomic mass is 19.4. The van der Waals surface area contributed by atoms with E-state index in [-0.39, 0.29) is 0 Å². The average molecular weight is 421 g/mol. The topological polar surface area (TPSA) is 26.0 Å². The van der Waals surface area contributed by atoms with Crippen molar-refractivity contribution >= 4 is 0 Å². The van der Waals surface area contributed by atoms with E-state index in [2.05, 4.69) is 0 Å². The van der Waals surface area contributed by atoms with Gasteiger partial charge in [0, 0.05) is 6.04 Å². The van der Waals surface area contributed by atoms with Crippen LogP contribution in [0.1, 0.15) is 47.7 Å². The Bertz CT molecular complexity index is 640. The Balaban J connectivity index is 4.37. The summed E-state index contributed by atoms with van der Waals surface area (Å²) in [5.74, 6) is -1.34. The minimum absolute atomic E-state index is 0.957. The van der Waals surface area contributed by atoms with Gasteiger partial charge < -0.3 is 5.73 Å². The highest BCUT2D eigenvalue weighted by Crippen LogP contribution is 2.52. The van der Waals surface area contributed by atoms with Gasteiger partial charge in [-0.3, -0.25) is 0 Å². The molecule has 27 heavy (non-hydrogen) atoms. The lowest BCUT2D eigenvalue weighted by atomic mass is 9.83. The molecule has 1 atom stereocenters. The van der Waals surface area contributed by atoms with Crippen molar-refractivity contribution in [1.29, 1.82) is 0 Å². The highest BCUT2D eigenvalue weighted by Gasteiger charge is 2.54. The molecule has 1 aromatic rings. The molecular weight excluding hydrogens is 410 g/mol. The van der Waals surface area contributed by atoms with E-state index in [1.807, 2.05) is 0 Å². The van der Waals surface area contributed by atoms with Gasteiger partial charge in [0.25, 0.3) is 0 Å². The Morgan fingerprint density at radius 2 is 0.926 bits per heavy atom. The van der Waals surface area contributed by atoms with E-state index in [0.717, 1.165) is 13.8 Å². The summed E-state index contributed by atoms with van der Waals surface area (Å²) in [6.07, 6.45) is -24.1. The molecule has 1 aromatic carbocycles. The number of hydrogen-bond donors (Lipinski definition) is 1. The van der Waals surface area contributed by atoms with Crippen molar-refractivity contribution in [2.75, 3.05) is 0 Å². The smallest absolute Gasteiger partial charge is 0.324 e. The summed E-state index contributed by atoms with van der Waals surface area (Å²) < 4.78 is 158. The van der Waals surface area contributed by atoms with Crippen LogP contribution < -0.4 is 5.73 Å². The summed E-state index contributed by atoms with van der Waals surface area (Å²) in [4.78, 5) is 0. The van der Waals surface area contributed by atoms with Gasteiger partial charge in [-0.2, -0.15) is 52.7 Å². The van der Waals surface area contributed by atoms with Gasteiger partial charge in [-0.1, -0.05) is 13.8 Å². The van der Waals surface area contributed by atoms with Crippen LogP contribution in [0.2, 0.25) is 0 Å². The van der Waals surface area contributed by atoms with Crippen LogP contribution in [0, 0.1) is 5.92 Å². The molecule has 1 rings (SSSR count). The van der Waals surface area contributed by atoms with Crippen LogP contribution >= 0.6 is 0 Å². The van der Waals surface area contributed by atoms with Crippen LogP contribution in [0.4, 0.5) is 52.7 Å². The van der Waals surface area contributed by atoms with Crippen LogP contribution in [-0.4, -0.2) is 0 Å². The molecule has 0 saturated carbocycles. The number of hydrogen-bond acceptors (Lipinski definition) is 1. The minimum Gasteiger partial charge on any atom is -0.324 e. The lowest BCUT2D eigenvalue weighted by Gasteiger charge is -2.30. The van der Waals surface area contributed by atoms with Crippen molar-refractivity contribution in [1.82, 2.24) is 0 Å². The van der Waals surface area contributed by atoms with Gasteiger partial charge in [-0.25, -0.2) is 0 Å². The Kier molecular flexibility index (Phi) is 5.84. The van der Waals surface area contributed by atoms with Gasteiger partial charge in [0.15, 0.2) is 0 Å². The first-order valence-corrected chi connectivity index (χ1v) is 6.96. The van der Waals surface area contributed by atoms with Crippen molar-refractivity contribution in [3.63, 3.8) is 0 Å².